The maximum atomic E-state index is 11.8. The van der Waals surface area contributed by atoms with E-state index in [0.29, 0.717) is 17.1 Å². The fourth-order valence-corrected chi connectivity index (χ4v) is 2.05. The summed E-state index contributed by atoms with van der Waals surface area (Å²) in [5.74, 6) is 1.17. The average molecular weight is 298 g/mol. The van der Waals surface area contributed by atoms with Gasteiger partial charge in [0.15, 0.2) is 11.5 Å². The number of phenols is 1. The first-order valence-electron chi connectivity index (χ1n) is 6.71. The minimum absolute atomic E-state index is 0.108. The third-order valence-corrected chi connectivity index (χ3v) is 3.13. The third kappa shape index (κ3) is 3.17. The third-order valence-electron chi connectivity index (χ3n) is 3.13. The van der Waals surface area contributed by atoms with E-state index >= 15 is 0 Å². The van der Waals surface area contributed by atoms with Crippen LogP contribution < -0.4 is 14.9 Å². The highest BCUT2D eigenvalue weighted by Gasteiger charge is 2.14. The van der Waals surface area contributed by atoms with Gasteiger partial charge in [-0.05, 0) is 29.8 Å². The zero-order chi connectivity index (χ0) is 15.4. The van der Waals surface area contributed by atoms with E-state index in [9.17, 15) is 9.90 Å². The number of amides is 1. The SMILES string of the molecule is O=C(Cc1ccc2c(c1)OCO2)NN=Cc1ccccc1O. The highest BCUT2D eigenvalue weighted by Crippen LogP contribution is 2.32. The molecule has 112 valence electrons. The van der Waals surface area contributed by atoms with Crippen LogP contribution in [0.4, 0.5) is 0 Å². The standard InChI is InChI=1S/C16H14N2O4/c19-13-4-2-1-3-12(13)9-17-18-16(20)8-11-5-6-14-15(7-11)22-10-21-14/h1-7,9,19H,8,10H2,(H,18,20). The second-order valence-corrected chi connectivity index (χ2v) is 4.72. The lowest BCUT2D eigenvalue weighted by Gasteiger charge is -2.02. The number of rotatable bonds is 4. The van der Waals surface area contributed by atoms with Gasteiger partial charge in [0, 0.05) is 5.56 Å². The first-order valence-corrected chi connectivity index (χ1v) is 6.71. The van der Waals surface area contributed by atoms with Crippen LogP contribution in [0.25, 0.3) is 0 Å². The Kier molecular flexibility index (Phi) is 3.91. The number of carbonyl (C=O) groups excluding carboxylic acids is 1. The van der Waals surface area contributed by atoms with Crippen molar-refractivity contribution >= 4 is 12.1 Å². The number of nitrogens with one attached hydrogen (secondary N) is 1. The lowest BCUT2D eigenvalue weighted by atomic mass is 10.1. The molecule has 1 heterocycles. The molecule has 0 atom stereocenters. The molecule has 2 aromatic carbocycles. The number of fused-ring (bicyclic) bond motifs is 1. The highest BCUT2D eigenvalue weighted by molar-refractivity contribution is 5.85. The molecule has 0 radical (unpaired) electrons. The predicted molar refractivity (Wildman–Crippen MR) is 80.1 cm³/mol. The van der Waals surface area contributed by atoms with E-state index in [1.165, 1.54) is 6.21 Å². The molecule has 0 fully saturated rings. The van der Waals surface area contributed by atoms with Crippen molar-refractivity contribution in [3.63, 3.8) is 0 Å². The van der Waals surface area contributed by atoms with Crippen molar-refractivity contribution in [2.24, 2.45) is 5.10 Å². The van der Waals surface area contributed by atoms with Crippen LogP contribution in [0.2, 0.25) is 0 Å². The van der Waals surface area contributed by atoms with Crippen LogP contribution in [0.3, 0.4) is 0 Å². The van der Waals surface area contributed by atoms with Gasteiger partial charge in [0.25, 0.3) is 0 Å². The fraction of sp³-hybridized carbons (Fsp3) is 0.125. The van der Waals surface area contributed by atoms with Crippen molar-refractivity contribution in [3.8, 4) is 17.2 Å². The molecule has 1 amide bonds. The van der Waals surface area contributed by atoms with Crippen LogP contribution in [0.15, 0.2) is 47.6 Å². The number of hydrogen-bond acceptors (Lipinski definition) is 5. The summed E-state index contributed by atoms with van der Waals surface area (Å²) in [4.78, 5) is 11.8. The lowest BCUT2D eigenvalue weighted by molar-refractivity contribution is -0.120. The summed E-state index contributed by atoms with van der Waals surface area (Å²) in [6.07, 6.45) is 1.57. The summed E-state index contributed by atoms with van der Waals surface area (Å²) in [7, 11) is 0. The van der Waals surface area contributed by atoms with Crippen LogP contribution in [0.1, 0.15) is 11.1 Å². The zero-order valence-corrected chi connectivity index (χ0v) is 11.7. The van der Waals surface area contributed by atoms with Crippen molar-refractivity contribution < 1.29 is 19.4 Å². The molecule has 0 aromatic heterocycles. The number of benzene rings is 2. The first kappa shape index (κ1) is 13.9. The van der Waals surface area contributed by atoms with Gasteiger partial charge in [-0.25, -0.2) is 5.43 Å². The van der Waals surface area contributed by atoms with Gasteiger partial charge in [0.2, 0.25) is 12.7 Å². The Morgan fingerprint density at radius 3 is 2.91 bits per heavy atom. The molecule has 6 heteroatoms. The van der Waals surface area contributed by atoms with Crippen molar-refractivity contribution in [2.75, 3.05) is 6.79 Å². The molecule has 2 aromatic rings. The Bertz CT molecular complexity index is 728. The van der Waals surface area contributed by atoms with E-state index in [0.717, 1.165) is 5.56 Å². The fourth-order valence-electron chi connectivity index (χ4n) is 2.05. The molecule has 0 saturated heterocycles. The quantitative estimate of drug-likeness (QED) is 0.666. The van der Waals surface area contributed by atoms with Gasteiger partial charge in [-0.3, -0.25) is 4.79 Å². The van der Waals surface area contributed by atoms with E-state index in [1.807, 2.05) is 0 Å². The van der Waals surface area contributed by atoms with Crippen LogP contribution in [-0.2, 0) is 11.2 Å². The number of para-hydroxylation sites is 1. The van der Waals surface area contributed by atoms with Gasteiger partial charge in [0.05, 0.1) is 12.6 Å². The van der Waals surface area contributed by atoms with Gasteiger partial charge in [-0.15, -0.1) is 0 Å². The Hall–Kier alpha value is -3.02. The van der Waals surface area contributed by atoms with Crippen LogP contribution >= 0.6 is 0 Å². The van der Waals surface area contributed by atoms with Crippen molar-refractivity contribution in [3.05, 3.63) is 53.6 Å². The summed E-state index contributed by atoms with van der Waals surface area (Å²) >= 11 is 0. The first-order chi connectivity index (χ1) is 10.7. The molecule has 1 aliphatic heterocycles. The molecule has 3 rings (SSSR count). The van der Waals surface area contributed by atoms with E-state index in [-0.39, 0.29) is 24.9 Å². The Balaban J connectivity index is 1.58. The molecule has 0 unspecified atom stereocenters. The van der Waals surface area contributed by atoms with Crippen LogP contribution in [0, 0.1) is 0 Å². The number of nitrogens with zero attached hydrogens (tertiary/aromatic N) is 1. The van der Waals surface area contributed by atoms with Crippen LogP contribution in [0.5, 0.6) is 17.2 Å². The molecule has 6 nitrogen and oxygen atoms in total. The van der Waals surface area contributed by atoms with Gasteiger partial charge in [-0.2, -0.15) is 5.10 Å². The molecule has 0 bridgehead atoms. The lowest BCUT2D eigenvalue weighted by Crippen LogP contribution is -2.19. The Morgan fingerprint density at radius 1 is 1.23 bits per heavy atom. The predicted octanol–water partition coefficient (Wildman–Crippen LogP) is 1.81. The summed E-state index contributed by atoms with van der Waals surface area (Å²) in [5, 5.41) is 13.4. The molecule has 1 aliphatic rings. The Morgan fingerprint density at radius 2 is 2.05 bits per heavy atom. The Labute approximate surface area is 127 Å². The molecular formula is C16H14N2O4. The molecular weight excluding hydrogens is 284 g/mol. The normalized spacial score (nSPS) is 12.5. The minimum atomic E-state index is -0.259. The number of aromatic hydroxyl groups is 1. The van der Waals surface area contributed by atoms with Gasteiger partial charge < -0.3 is 14.6 Å². The summed E-state index contributed by atoms with van der Waals surface area (Å²) in [6, 6.07) is 12.1. The maximum Gasteiger partial charge on any atom is 0.244 e. The molecule has 2 N–H and O–H groups in total. The molecule has 0 aliphatic carbocycles. The number of ether oxygens (including phenoxy) is 2. The van der Waals surface area contributed by atoms with E-state index in [4.69, 9.17) is 9.47 Å². The summed E-state index contributed by atoms with van der Waals surface area (Å²) in [6.45, 7) is 0.204. The van der Waals surface area contributed by atoms with Crippen molar-refractivity contribution in [2.45, 2.75) is 6.42 Å². The second-order valence-electron chi connectivity index (χ2n) is 4.72. The van der Waals surface area contributed by atoms with E-state index in [1.54, 1.807) is 42.5 Å². The molecule has 0 saturated carbocycles. The van der Waals surface area contributed by atoms with Crippen molar-refractivity contribution in [1.29, 1.82) is 0 Å². The van der Waals surface area contributed by atoms with Gasteiger partial charge >= 0.3 is 0 Å². The highest BCUT2D eigenvalue weighted by atomic mass is 16.7. The largest absolute Gasteiger partial charge is 0.507 e. The number of hydrazone groups is 1. The monoisotopic (exact) mass is 298 g/mol. The van der Waals surface area contributed by atoms with E-state index < -0.39 is 0 Å². The maximum absolute atomic E-state index is 11.8. The second kappa shape index (κ2) is 6.17. The minimum Gasteiger partial charge on any atom is -0.507 e. The van der Waals surface area contributed by atoms with Crippen LogP contribution in [-0.4, -0.2) is 24.0 Å². The number of phenolic OH excluding ortho intramolecular Hbond substituents is 1. The topological polar surface area (TPSA) is 80.2 Å². The van der Waals surface area contributed by atoms with Gasteiger partial charge in [-0.1, -0.05) is 18.2 Å². The van der Waals surface area contributed by atoms with E-state index in [2.05, 4.69) is 10.5 Å². The smallest absolute Gasteiger partial charge is 0.244 e. The number of carbonyl (C=O) groups is 1. The summed E-state index contributed by atoms with van der Waals surface area (Å²) in [5.41, 5.74) is 3.76. The number of hydrogen-bond donors (Lipinski definition) is 2. The molecule has 22 heavy (non-hydrogen) atoms. The van der Waals surface area contributed by atoms with Gasteiger partial charge in [0.1, 0.15) is 5.75 Å². The zero-order valence-electron chi connectivity index (χ0n) is 11.7. The molecule has 0 spiro atoms. The summed E-state index contributed by atoms with van der Waals surface area (Å²) < 4.78 is 10.5. The van der Waals surface area contributed by atoms with Crippen molar-refractivity contribution in [1.82, 2.24) is 5.43 Å². The average Bonchev–Trinajstić information content (AvgIpc) is 2.97.